The molecule has 0 aliphatic heterocycles. The van der Waals surface area contributed by atoms with Gasteiger partial charge in [-0.15, -0.1) is 0 Å². The number of hydrogen-bond acceptors (Lipinski definition) is 3. The van der Waals surface area contributed by atoms with Crippen LogP contribution in [-0.2, 0) is 6.42 Å². The summed E-state index contributed by atoms with van der Waals surface area (Å²) in [5.41, 5.74) is 5.90. The SMILES string of the molecule is Cc1ccc(C(Cc2ccc(Br)cc2Cl)NN)cn1. The summed E-state index contributed by atoms with van der Waals surface area (Å²) in [6.45, 7) is 1.96. The topological polar surface area (TPSA) is 50.9 Å². The van der Waals surface area contributed by atoms with Gasteiger partial charge in [0.2, 0.25) is 0 Å². The molecule has 1 heterocycles. The highest BCUT2D eigenvalue weighted by Crippen LogP contribution is 2.25. The fraction of sp³-hybridized carbons (Fsp3) is 0.214. The van der Waals surface area contributed by atoms with Gasteiger partial charge in [-0.25, -0.2) is 0 Å². The lowest BCUT2D eigenvalue weighted by Gasteiger charge is -2.17. The highest BCUT2D eigenvalue weighted by molar-refractivity contribution is 9.10. The normalized spacial score (nSPS) is 12.4. The molecule has 1 aromatic heterocycles. The Morgan fingerprint density at radius 2 is 2.16 bits per heavy atom. The molecule has 0 saturated heterocycles. The van der Waals surface area contributed by atoms with Crippen LogP contribution in [0.5, 0.6) is 0 Å². The van der Waals surface area contributed by atoms with E-state index >= 15 is 0 Å². The number of pyridine rings is 1. The summed E-state index contributed by atoms with van der Waals surface area (Å²) in [7, 11) is 0. The average molecular weight is 341 g/mol. The number of nitrogens with one attached hydrogen (secondary N) is 1. The molecule has 0 radical (unpaired) electrons. The lowest BCUT2D eigenvalue weighted by molar-refractivity contribution is 0.550. The van der Waals surface area contributed by atoms with Crippen LogP contribution in [0.1, 0.15) is 22.9 Å². The zero-order valence-electron chi connectivity index (χ0n) is 10.5. The molecule has 0 saturated carbocycles. The van der Waals surface area contributed by atoms with Gasteiger partial charge in [-0.3, -0.25) is 16.3 Å². The molecule has 3 N–H and O–H groups in total. The Bertz CT molecular complexity index is 557. The second-order valence-corrected chi connectivity index (χ2v) is 5.71. The van der Waals surface area contributed by atoms with Gasteiger partial charge in [-0.1, -0.05) is 39.7 Å². The third kappa shape index (κ3) is 3.76. The first kappa shape index (κ1) is 14.5. The van der Waals surface area contributed by atoms with Gasteiger partial charge in [0, 0.05) is 21.4 Å². The van der Waals surface area contributed by atoms with Crippen LogP contribution in [0.2, 0.25) is 5.02 Å². The fourth-order valence-corrected chi connectivity index (χ4v) is 2.62. The van der Waals surface area contributed by atoms with Crippen molar-refractivity contribution in [1.29, 1.82) is 0 Å². The third-order valence-corrected chi connectivity index (χ3v) is 3.82. The Labute approximate surface area is 126 Å². The first-order chi connectivity index (χ1) is 9.10. The molecule has 0 fully saturated rings. The Hall–Kier alpha value is -0.940. The molecule has 5 heteroatoms. The molecule has 0 spiro atoms. The largest absolute Gasteiger partial charge is 0.271 e. The van der Waals surface area contributed by atoms with E-state index in [9.17, 15) is 0 Å². The molecule has 0 amide bonds. The van der Waals surface area contributed by atoms with Crippen LogP contribution in [0, 0.1) is 6.92 Å². The number of aryl methyl sites for hydroxylation is 1. The number of aromatic nitrogens is 1. The maximum atomic E-state index is 6.23. The number of nitrogens with two attached hydrogens (primary N) is 1. The van der Waals surface area contributed by atoms with Crippen LogP contribution < -0.4 is 11.3 Å². The van der Waals surface area contributed by atoms with Gasteiger partial charge in [-0.05, 0) is 42.7 Å². The van der Waals surface area contributed by atoms with Crippen LogP contribution in [-0.4, -0.2) is 4.98 Å². The van der Waals surface area contributed by atoms with Gasteiger partial charge in [0.1, 0.15) is 0 Å². The predicted molar refractivity (Wildman–Crippen MR) is 81.9 cm³/mol. The molecule has 1 aromatic carbocycles. The van der Waals surface area contributed by atoms with E-state index in [1.807, 2.05) is 43.5 Å². The van der Waals surface area contributed by atoms with E-state index < -0.39 is 0 Å². The standard InChI is InChI=1S/C14H15BrClN3/c1-9-2-3-11(8-18-9)14(19-17)6-10-4-5-12(15)7-13(10)16/h2-5,7-8,14,19H,6,17H2,1H3. The molecule has 3 nitrogen and oxygen atoms in total. The molecule has 1 unspecified atom stereocenters. The lowest BCUT2D eigenvalue weighted by atomic mass is 10.0. The lowest BCUT2D eigenvalue weighted by Crippen LogP contribution is -2.29. The number of hydrazine groups is 1. The van der Waals surface area contributed by atoms with Crippen molar-refractivity contribution < 1.29 is 0 Å². The van der Waals surface area contributed by atoms with Crippen molar-refractivity contribution in [3.63, 3.8) is 0 Å². The van der Waals surface area contributed by atoms with Gasteiger partial charge in [-0.2, -0.15) is 0 Å². The summed E-state index contributed by atoms with van der Waals surface area (Å²) < 4.78 is 0.968. The van der Waals surface area contributed by atoms with E-state index in [2.05, 4.69) is 26.3 Å². The molecule has 0 aliphatic rings. The van der Waals surface area contributed by atoms with E-state index in [1.54, 1.807) is 0 Å². The van der Waals surface area contributed by atoms with Gasteiger partial charge >= 0.3 is 0 Å². The van der Waals surface area contributed by atoms with Crippen LogP contribution in [0.15, 0.2) is 41.0 Å². The van der Waals surface area contributed by atoms with E-state index in [0.29, 0.717) is 6.42 Å². The zero-order valence-corrected chi connectivity index (χ0v) is 12.9. The molecule has 2 aromatic rings. The van der Waals surface area contributed by atoms with Crippen molar-refractivity contribution in [1.82, 2.24) is 10.4 Å². The second-order valence-electron chi connectivity index (χ2n) is 4.39. The average Bonchev–Trinajstić information content (AvgIpc) is 2.39. The number of hydrogen-bond donors (Lipinski definition) is 2. The van der Waals surface area contributed by atoms with Crippen LogP contribution in [0.4, 0.5) is 0 Å². The Balaban J connectivity index is 2.21. The Morgan fingerprint density at radius 1 is 1.37 bits per heavy atom. The first-order valence-corrected chi connectivity index (χ1v) is 7.10. The molecule has 0 bridgehead atoms. The van der Waals surface area contributed by atoms with Crippen molar-refractivity contribution in [2.75, 3.05) is 0 Å². The van der Waals surface area contributed by atoms with Gasteiger partial charge < -0.3 is 0 Å². The van der Waals surface area contributed by atoms with Crippen LogP contribution >= 0.6 is 27.5 Å². The summed E-state index contributed by atoms with van der Waals surface area (Å²) in [5.74, 6) is 5.64. The second kappa shape index (κ2) is 6.48. The number of rotatable bonds is 4. The van der Waals surface area contributed by atoms with E-state index in [4.69, 9.17) is 17.4 Å². The summed E-state index contributed by atoms with van der Waals surface area (Å²) in [6.07, 6.45) is 2.56. The van der Waals surface area contributed by atoms with Gasteiger partial charge in [0.15, 0.2) is 0 Å². The predicted octanol–water partition coefficient (Wildman–Crippen LogP) is 3.55. The van der Waals surface area contributed by atoms with Crippen LogP contribution in [0.3, 0.4) is 0 Å². The van der Waals surface area contributed by atoms with E-state index in [0.717, 1.165) is 26.3 Å². The molecule has 2 rings (SSSR count). The zero-order chi connectivity index (χ0) is 13.8. The summed E-state index contributed by atoms with van der Waals surface area (Å²) in [5, 5.41) is 0.731. The molecular formula is C14H15BrClN3. The van der Waals surface area contributed by atoms with Gasteiger partial charge in [0.25, 0.3) is 0 Å². The van der Waals surface area contributed by atoms with Crippen molar-refractivity contribution >= 4 is 27.5 Å². The minimum absolute atomic E-state index is 0.00762. The van der Waals surface area contributed by atoms with Crippen molar-refractivity contribution in [2.45, 2.75) is 19.4 Å². The minimum Gasteiger partial charge on any atom is -0.271 e. The number of nitrogens with zero attached hydrogens (tertiary/aromatic N) is 1. The molecular weight excluding hydrogens is 326 g/mol. The monoisotopic (exact) mass is 339 g/mol. The maximum absolute atomic E-state index is 6.23. The third-order valence-electron chi connectivity index (χ3n) is 2.98. The molecule has 19 heavy (non-hydrogen) atoms. The Morgan fingerprint density at radius 3 is 2.74 bits per heavy atom. The summed E-state index contributed by atoms with van der Waals surface area (Å²) >= 11 is 9.63. The summed E-state index contributed by atoms with van der Waals surface area (Å²) in [6, 6.07) is 9.85. The Kier molecular flexibility index (Phi) is 4.93. The first-order valence-electron chi connectivity index (χ1n) is 5.92. The molecule has 0 aliphatic carbocycles. The number of halogens is 2. The molecule has 100 valence electrons. The molecule has 1 atom stereocenters. The minimum atomic E-state index is -0.00762. The van der Waals surface area contributed by atoms with E-state index in [1.165, 1.54) is 0 Å². The summed E-state index contributed by atoms with van der Waals surface area (Å²) in [4.78, 5) is 4.29. The number of benzene rings is 1. The van der Waals surface area contributed by atoms with Gasteiger partial charge in [0.05, 0.1) is 6.04 Å². The van der Waals surface area contributed by atoms with Crippen LogP contribution in [0.25, 0.3) is 0 Å². The van der Waals surface area contributed by atoms with Crippen molar-refractivity contribution in [2.24, 2.45) is 5.84 Å². The highest BCUT2D eigenvalue weighted by atomic mass is 79.9. The van der Waals surface area contributed by atoms with Crippen molar-refractivity contribution in [3.05, 3.63) is 62.8 Å². The quantitative estimate of drug-likeness (QED) is 0.661. The fourth-order valence-electron chi connectivity index (χ4n) is 1.87. The highest BCUT2D eigenvalue weighted by Gasteiger charge is 2.13. The maximum Gasteiger partial charge on any atom is 0.0516 e. The van der Waals surface area contributed by atoms with Crippen molar-refractivity contribution in [3.8, 4) is 0 Å². The smallest absolute Gasteiger partial charge is 0.0516 e. The van der Waals surface area contributed by atoms with E-state index in [-0.39, 0.29) is 6.04 Å².